The molecule has 3 heteroatoms. The lowest BCUT2D eigenvalue weighted by molar-refractivity contribution is 0.832. The number of thiophene rings is 1. The van der Waals surface area contributed by atoms with Crippen LogP contribution < -0.4 is 0 Å². The quantitative estimate of drug-likeness (QED) is 0.397. The van der Waals surface area contributed by atoms with Gasteiger partial charge in [-0.05, 0) is 36.8 Å². The number of hydrogen-bond acceptors (Lipinski definition) is 1. The molecule has 0 bridgehead atoms. The second-order valence-corrected chi connectivity index (χ2v) is 7.04. The van der Waals surface area contributed by atoms with Crippen LogP contribution >= 0.6 is 27.3 Å². The van der Waals surface area contributed by atoms with Crippen LogP contribution in [-0.2, 0) is 6.54 Å². The van der Waals surface area contributed by atoms with E-state index in [1.54, 1.807) is 0 Å². The van der Waals surface area contributed by atoms with Gasteiger partial charge in [-0.1, -0.05) is 46.3 Å². The fraction of sp³-hybridized carbons (Fsp3) is 0.111. The van der Waals surface area contributed by atoms with E-state index in [1.165, 1.54) is 31.6 Å². The highest BCUT2D eigenvalue weighted by molar-refractivity contribution is 9.10. The van der Waals surface area contributed by atoms with Crippen LogP contribution in [0.15, 0.2) is 59.1 Å². The third kappa shape index (κ3) is 2.03. The summed E-state index contributed by atoms with van der Waals surface area (Å²) >= 11 is 5.38. The van der Waals surface area contributed by atoms with Gasteiger partial charge in [-0.2, -0.15) is 0 Å². The summed E-state index contributed by atoms with van der Waals surface area (Å²) in [5.41, 5.74) is 2.62. The number of halogens is 1. The van der Waals surface area contributed by atoms with Gasteiger partial charge >= 0.3 is 0 Å². The molecule has 0 aliphatic rings. The summed E-state index contributed by atoms with van der Waals surface area (Å²) in [6, 6.07) is 19.6. The molecule has 0 fully saturated rings. The molecule has 0 spiro atoms. The third-order valence-electron chi connectivity index (χ3n) is 3.89. The number of benzene rings is 2. The maximum atomic E-state index is 3.50. The van der Waals surface area contributed by atoms with Gasteiger partial charge in [-0.25, -0.2) is 0 Å². The van der Waals surface area contributed by atoms with Crippen molar-refractivity contribution in [3.05, 3.63) is 59.1 Å². The van der Waals surface area contributed by atoms with E-state index in [1.807, 2.05) is 11.3 Å². The lowest BCUT2D eigenvalue weighted by atomic mass is 10.1. The van der Waals surface area contributed by atoms with Crippen molar-refractivity contribution in [3.63, 3.8) is 0 Å². The molecule has 21 heavy (non-hydrogen) atoms. The molecular formula is C18H14BrNS. The zero-order valence-corrected chi connectivity index (χ0v) is 14.0. The van der Waals surface area contributed by atoms with E-state index in [2.05, 4.69) is 82.0 Å². The number of rotatable bonds is 2. The molecule has 4 rings (SSSR count). The van der Waals surface area contributed by atoms with Crippen molar-refractivity contribution in [2.24, 2.45) is 0 Å². The van der Waals surface area contributed by atoms with Crippen LogP contribution in [0.2, 0.25) is 0 Å². The second-order valence-electron chi connectivity index (χ2n) is 5.10. The van der Waals surface area contributed by atoms with Crippen molar-refractivity contribution >= 4 is 48.4 Å². The molecule has 4 aromatic rings. The Morgan fingerprint density at radius 1 is 1.00 bits per heavy atom. The van der Waals surface area contributed by atoms with Crippen molar-refractivity contribution in [2.75, 3.05) is 0 Å². The fourth-order valence-corrected chi connectivity index (χ4v) is 4.41. The molecule has 0 aliphatic carbocycles. The van der Waals surface area contributed by atoms with E-state index in [-0.39, 0.29) is 0 Å². The largest absolute Gasteiger partial charge is 0.332 e. The normalized spacial score (nSPS) is 11.5. The first-order valence-corrected chi connectivity index (χ1v) is 8.65. The number of fused-ring (bicyclic) bond motifs is 3. The Labute approximate surface area is 136 Å². The maximum absolute atomic E-state index is 3.50. The van der Waals surface area contributed by atoms with Crippen molar-refractivity contribution in [1.82, 2.24) is 4.57 Å². The number of aromatic nitrogens is 1. The highest BCUT2D eigenvalue weighted by Crippen LogP contribution is 2.39. The summed E-state index contributed by atoms with van der Waals surface area (Å²) in [6.45, 7) is 3.22. The van der Waals surface area contributed by atoms with Gasteiger partial charge in [0, 0.05) is 32.2 Å². The number of hydrogen-bond donors (Lipinski definition) is 0. The van der Waals surface area contributed by atoms with Crippen LogP contribution in [0.4, 0.5) is 0 Å². The van der Waals surface area contributed by atoms with Gasteiger partial charge in [-0.3, -0.25) is 0 Å². The van der Waals surface area contributed by atoms with E-state index < -0.39 is 0 Å². The van der Waals surface area contributed by atoms with Gasteiger partial charge in [0.15, 0.2) is 0 Å². The van der Waals surface area contributed by atoms with Gasteiger partial charge in [0.2, 0.25) is 0 Å². The molecule has 2 aromatic heterocycles. The maximum Gasteiger partial charge on any atom is 0.104 e. The van der Waals surface area contributed by atoms with Gasteiger partial charge < -0.3 is 4.57 Å². The van der Waals surface area contributed by atoms with E-state index in [9.17, 15) is 0 Å². The van der Waals surface area contributed by atoms with E-state index in [0.29, 0.717) is 0 Å². The number of para-hydroxylation sites is 1. The van der Waals surface area contributed by atoms with Crippen molar-refractivity contribution < 1.29 is 0 Å². The summed E-state index contributed by atoms with van der Waals surface area (Å²) in [7, 11) is 0. The third-order valence-corrected chi connectivity index (χ3v) is 5.62. The standard InChI is InChI=1S/C18H14BrNS/c1-2-20-16-6-4-3-5-14(16)15-11-17(21-18(15)20)12-7-9-13(19)10-8-12/h3-11H,2H2,1H3. The summed E-state index contributed by atoms with van der Waals surface area (Å²) in [4.78, 5) is 2.71. The molecule has 1 nitrogen and oxygen atoms in total. The van der Waals surface area contributed by atoms with Gasteiger partial charge in [0.05, 0.1) is 0 Å². The predicted molar refractivity (Wildman–Crippen MR) is 96.1 cm³/mol. The molecule has 2 heterocycles. The van der Waals surface area contributed by atoms with Crippen LogP contribution in [0.5, 0.6) is 0 Å². The van der Waals surface area contributed by atoms with Crippen LogP contribution in [0.3, 0.4) is 0 Å². The summed E-state index contributed by atoms with van der Waals surface area (Å²) < 4.78 is 3.54. The number of nitrogens with zero attached hydrogens (tertiary/aromatic N) is 1. The van der Waals surface area contributed by atoms with Crippen LogP contribution in [0.25, 0.3) is 31.6 Å². The van der Waals surface area contributed by atoms with Crippen molar-refractivity contribution in [2.45, 2.75) is 13.5 Å². The van der Waals surface area contributed by atoms with Gasteiger partial charge in [0.1, 0.15) is 4.83 Å². The summed E-state index contributed by atoms with van der Waals surface area (Å²) in [5, 5.41) is 2.73. The average molecular weight is 356 g/mol. The van der Waals surface area contributed by atoms with E-state index >= 15 is 0 Å². The van der Waals surface area contributed by atoms with E-state index in [0.717, 1.165) is 11.0 Å². The molecule has 104 valence electrons. The minimum atomic E-state index is 1.00. The number of aryl methyl sites for hydroxylation is 1. The predicted octanol–water partition coefficient (Wildman–Crippen LogP) is 6.31. The smallest absolute Gasteiger partial charge is 0.104 e. The van der Waals surface area contributed by atoms with Crippen molar-refractivity contribution in [1.29, 1.82) is 0 Å². The highest BCUT2D eigenvalue weighted by Gasteiger charge is 2.13. The minimum absolute atomic E-state index is 1.00. The zero-order valence-electron chi connectivity index (χ0n) is 11.6. The van der Waals surface area contributed by atoms with Crippen molar-refractivity contribution in [3.8, 4) is 10.4 Å². The van der Waals surface area contributed by atoms with Gasteiger partial charge in [-0.15, -0.1) is 11.3 Å². The Balaban J connectivity index is 2.00. The fourth-order valence-electron chi connectivity index (χ4n) is 2.89. The molecule has 0 unspecified atom stereocenters. The minimum Gasteiger partial charge on any atom is -0.332 e. The SMILES string of the molecule is CCn1c2ccccc2c2cc(-c3ccc(Br)cc3)sc21. The van der Waals surface area contributed by atoms with Crippen LogP contribution in [0, 0.1) is 0 Å². The molecule has 0 amide bonds. The van der Waals surface area contributed by atoms with E-state index in [4.69, 9.17) is 0 Å². The first kappa shape index (κ1) is 13.1. The highest BCUT2D eigenvalue weighted by atomic mass is 79.9. The summed E-state index contributed by atoms with van der Waals surface area (Å²) in [6.07, 6.45) is 0. The molecule has 2 aromatic carbocycles. The van der Waals surface area contributed by atoms with Crippen LogP contribution in [-0.4, -0.2) is 4.57 Å². The Morgan fingerprint density at radius 3 is 2.52 bits per heavy atom. The first-order chi connectivity index (χ1) is 10.3. The first-order valence-electron chi connectivity index (χ1n) is 7.04. The topological polar surface area (TPSA) is 4.93 Å². The molecule has 0 N–H and O–H groups in total. The second kappa shape index (κ2) is 5.00. The summed E-state index contributed by atoms with van der Waals surface area (Å²) in [5.74, 6) is 0. The molecular weight excluding hydrogens is 342 g/mol. The molecule has 0 radical (unpaired) electrons. The molecule has 0 atom stereocenters. The lowest BCUT2D eigenvalue weighted by Gasteiger charge is -2.02. The Bertz CT molecular complexity index is 931. The monoisotopic (exact) mass is 355 g/mol. The van der Waals surface area contributed by atoms with Crippen LogP contribution in [0.1, 0.15) is 6.92 Å². The molecule has 0 saturated carbocycles. The van der Waals surface area contributed by atoms with Gasteiger partial charge in [0.25, 0.3) is 0 Å². The molecule has 0 saturated heterocycles. The Morgan fingerprint density at radius 2 is 1.76 bits per heavy atom. The Kier molecular flexibility index (Phi) is 3.12. The zero-order chi connectivity index (χ0) is 14.4. The Hall–Kier alpha value is -1.58. The lowest BCUT2D eigenvalue weighted by Crippen LogP contribution is -1.90. The average Bonchev–Trinajstić information content (AvgIpc) is 3.05. The molecule has 0 aliphatic heterocycles.